The van der Waals surface area contributed by atoms with Gasteiger partial charge in [-0.05, 0) is 29.2 Å². The summed E-state index contributed by atoms with van der Waals surface area (Å²) in [4.78, 5) is 3.87. The van der Waals surface area contributed by atoms with Crippen molar-refractivity contribution in [3.8, 4) is 0 Å². The van der Waals surface area contributed by atoms with E-state index in [-0.39, 0.29) is 16.6 Å². The fraction of sp³-hybridized carbons (Fsp3) is 0.308. The van der Waals surface area contributed by atoms with Gasteiger partial charge in [-0.15, -0.1) is 0 Å². The number of benzene rings is 1. The van der Waals surface area contributed by atoms with Crippen molar-refractivity contribution in [3.63, 3.8) is 0 Å². The highest BCUT2D eigenvalue weighted by Gasteiger charge is 2.17. The molecule has 0 saturated carbocycles. The first kappa shape index (κ1) is 11.8. The number of hydrogen-bond donors (Lipinski definition) is 1. The molecule has 4 heteroatoms. The summed E-state index contributed by atoms with van der Waals surface area (Å²) in [7, 11) is 0. The minimum atomic E-state index is -0.695. The van der Waals surface area contributed by atoms with E-state index >= 15 is 0 Å². The summed E-state index contributed by atoms with van der Waals surface area (Å²) in [6.07, 6.45) is 0. The fourth-order valence-corrected chi connectivity index (χ4v) is 1.66. The van der Waals surface area contributed by atoms with Crippen LogP contribution in [0.1, 0.15) is 26.3 Å². The molecule has 0 aliphatic rings. The molecule has 0 aliphatic carbocycles. The van der Waals surface area contributed by atoms with Gasteiger partial charge in [-0.25, -0.2) is 13.8 Å². The van der Waals surface area contributed by atoms with Gasteiger partial charge < -0.3 is 5.73 Å². The molecule has 2 N–H and O–H groups in total. The molecule has 0 spiro atoms. The van der Waals surface area contributed by atoms with Crippen LogP contribution in [0.4, 0.5) is 14.6 Å². The van der Waals surface area contributed by atoms with E-state index in [9.17, 15) is 8.78 Å². The molecule has 90 valence electrons. The highest BCUT2D eigenvalue weighted by molar-refractivity contribution is 5.81. The first-order valence-corrected chi connectivity index (χ1v) is 5.35. The van der Waals surface area contributed by atoms with Gasteiger partial charge in [0.05, 0.1) is 5.52 Å². The molecule has 1 aromatic heterocycles. The maximum Gasteiger partial charge on any atom is 0.165 e. The second kappa shape index (κ2) is 3.65. The molecular formula is C13H14F2N2. The average Bonchev–Trinajstić information content (AvgIpc) is 2.19. The Morgan fingerprint density at radius 2 is 1.71 bits per heavy atom. The van der Waals surface area contributed by atoms with E-state index in [4.69, 9.17) is 5.73 Å². The third-order valence-corrected chi connectivity index (χ3v) is 2.73. The zero-order valence-electron chi connectivity index (χ0n) is 10.0. The number of aromatic nitrogens is 1. The highest BCUT2D eigenvalue weighted by atomic mass is 19.1. The van der Waals surface area contributed by atoms with E-state index in [1.54, 1.807) is 6.07 Å². The molecular weight excluding hydrogens is 222 g/mol. The predicted molar refractivity (Wildman–Crippen MR) is 64.8 cm³/mol. The Hall–Kier alpha value is -1.71. The Morgan fingerprint density at radius 3 is 2.29 bits per heavy atom. The second-order valence-electron chi connectivity index (χ2n) is 5.13. The Balaban J connectivity index is 2.78. The van der Waals surface area contributed by atoms with Gasteiger partial charge in [0.25, 0.3) is 0 Å². The molecule has 0 aliphatic heterocycles. The number of fused-ring (bicyclic) bond motifs is 1. The van der Waals surface area contributed by atoms with Crippen LogP contribution in [0.15, 0.2) is 18.2 Å². The highest BCUT2D eigenvalue weighted by Crippen LogP contribution is 2.28. The lowest BCUT2D eigenvalue weighted by Gasteiger charge is -2.19. The smallest absolute Gasteiger partial charge is 0.165 e. The zero-order chi connectivity index (χ0) is 12.8. The van der Waals surface area contributed by atoms with E-state index in [0.29, 0.717) is 5.52 Å². The van der Waals surface area contributed by atoms with Crippen molar-refractivity contribution in [1.82, 2.24) is 4.98 Å². The van der Waals surface area contributed by atoms with Gasteiger partial charge in [-0.1, -0.05) is 20.8 Å². The number of pyridine rings is 1. The quantitative estimate of drug-likeness (QED) is 0.761. The summed E-state index contributed by atoms with van der Waals surface area (Å²) < 4.78 is 27.1. The fourth-order valence-electron chi connectivity index (χ4n) is 1.66. The number of nitrogens with two attached hydrogens (primary N) is 1. The van der Waals surface area contributed by atoms with Gasteiger partial charge in [0.1, 0.15) is 5.82 Å². The second-order valence-corrected chi connectivity index (χ2v) is 5.13. The normalized spacial score (nSPS) is 12.1. The van der Waals surface area contributed by atoms with Crippen molar-refractivity contribution in [3.05, 3.63) is 35.4 Å². The maximum atomic E-state index is 13.8. The Kier molecular flexibility index (Phi) is 2.53. The lowest BCUT2D eigenvalue weighted by Crippen LogP contribution is -2.11. The van der Waals surface area contributed by atoms with Gasteiger partial charge in [0.2, 0.25) is 0 Å². The van der Waals surface area contributed by atoms with Crippen LogP contribution < -0.4 is 5.73 Å². The van der Waals surface area contributed by atoms with Crippen molar-refractivity contribution < 1.29 is 8.78 Å². The summed E-state index contributed by atoms with van der Waals surface area (Å²) in [6, 6.07) is 4.24. The number of nitrogen functional groups attached to an aromatic ring is 1. The molecule has 0 bridgehead atoms. The molecule has 17 heavy (non-hydrogen) atoms. The number of hydrogen-bond acceptors (Lipinski definition) is 2. The minimum absolute atomic E-state index is 0.157. The lowest BCUT2D eigenvalue weighted by atomic mass is 9.86. The van der Waals surface area contributed by atoms with E-state index in [1.807, 2.05) is 20.8 Å². The Labute approximate surface area is 98.5 Å². The molecule has 1 heterocycles. The van der Waals surface area contributed by atoms with Crippen LogP contribution >= 0.6 is 0 Å². The average molecular weight is 236 g/mol. The molecule has 2 rings (SSSR count). The van der Waals surface area contributed by atoms with E-state index in [1.165, 1.54) is 6.07 Å². The number of halogens is 2. The first-order chi connectivity index (χ1) is 7.79. The van der Waals surface area contributed by atoms with Crippen molar-refractivity contribution >= 4 is 16.7 Å². The summed E-state index contributed by atoms with van der Waals surface area (Å²) in [5.41, 5.74) is 6.38. The van der Waals surface area contributed by atoms with Crippen LogP contribution in [0, 0.1) is 11.6 Å². The molecule has 1 aromatic carbocycles. The Bertz CT molecular complexity index is 586. The van der Waals surface area contributed by atoms with E-state index in [2.05, 4.69) is 4.98 Å². The van der Waals surface area contributed by atoms with E-state index < -0.39 is 11.6 Å². The van der Waals surface area contributed by atoms with Crippen LogP contribution in [0.3, 0.4) is 0 Å². The lowest BCUT2D eigenvalue weighted by molar-refractivity contribution is 0.575. The third kappa shape index (κ3) is 2.07. The Morgan fingerprint density at radius 1 is 1.06 bits per heavy atom. The molecule has 0 radical (unpaired) electrons. The molecule has 0 amide bonds. The van der Waals surface area contributed by atoms with Crippen LogP contribution in [-0.4, -0.2) is 4.98 Å². The third-order valence-electron chi connectivity index (χ3n) is 2.73. The van der Waals surface area contributed by atoms with Crippen molar-refractivity contribution in [2.24, 2.45) is 0 Å². The monoisotopic (exact) mass is 236 g/mol. The van der Waals surface area contributed by atoms with Gasteiger partial charge in [-0.2, -0.15) is 0 Å². The zero-order valence-corrected chi connectivity index (χ0v) is 10.0. The SMILES string of the molecule is CC(C)(C)c1cc(F)c2cc(F)c(N)nc2c1. The molecule has 0 unspecified atom stereocenters. The van der Waals surface area contributed by atoms with Gasteiger partial charge in [-0.3, -0.25) is 0 Å². The number of nitrogens with zero attached hydrogens (tertiary/aromatic N) is 1. The number of anilines is 1. The van der Waals surface area contributed by atoms with Crippen LogP contribution in [-0.2, 0) is 5.41 Å². The maximum absolute atomic E-state index is 13.8. The summed E-state index contributed by atoms with van der Waals surface area (Å²) in [5.74, 6) is -1.37. The summed E-state index contributed by atoms with van der Waals surface area (Å²) in [6.45, 7) is 5.92. The van der Waals surface area contributed by atoms with Crippen LogP contribution in [0.2, 0.25) is 0 Å². The van der Waals surface area contributed by atoms with Gasteiger partial charge in [0, 0.05) is 5.39 Å². The van der Waals surface area contributed by atoms with Crippen LogP contribution in [0.25, 0.3) is 10.9 Å². The number of rotatable bonds is 0. The summed E-state index contributed by atoms with van der Waals surface area (Å²) in [5, 5.41) is 0.157. The minimum Gasteiger partial charge on any atom is -0.381 e. The topological polar surface area (TPSA) is 38.9 Å². The van der Waals surface area contributed by atoms with Crippen LogP contribution in [0.5, 0.6) is 0 Å². The molecule has 2 aromatic rings. The summed E-state index contributed by atoms with van der Waals surface area (Å²) >= 11 is 0. The molecule has 0 fully saturated rings. The van der Waals surface area contributed by atoms with Crippen molar-refractivity contribution in [1.29, 1.82) is 0 Å². The van der Waals surface area contributed by atoms with Crippen molar-refractivity contribution in [2.45, 2.75) is 26.2 Å². The standard InChI is InChI=1S/C13H14F2N2/c1-13(2,3)7-4-9(14)8-6-10(15)12(16)17-11(8)5-7/h4-6H,1-3H3,(H2,16,17). The van der Waals surface area contributed by atoms with Gasteiger partial charge in [0.15, 0.2) is 11.6 Å². The predicted octanol–water partition coefficient (Wildman–Crippen LogP) is 3.39. The van der Waals surface area contributed by atoms with Gasteiger partial charge >= 0.3 is 0 Å². The molecule has 0 atom stereocenters. The molecule has 2 nitrogen and oxygen atoms in total. The molecule has 0 saturated heterocycles. The van der Waals surface area contributed by atoms with Crippen molar-refractivity contribution in [2.75, 3.05) is 5.73 Å². The largest absolute Gasteiger partial charge is 0.381 e. The van der Waals surface area contributed by atoms with E-state index in [0.717, 1.165) is 11.6 Å². The first-order valence-electron chi connectivity index (χ1n) is 5.35.